The third-order valence-corrected chi connectivity index (χ3v) is 3.42. The van der Waals surface area contributed by atoms with Crippen LogP contribution in [0.4, 0.5) is 0 Å². The van der Waals surface area contributed by atoms with Gasteiger partial charge in [0.25, 0.3) is 0 Å². The van der Waals surface area contributed by atoms with E-state index in [1.54, 1.807) is 6.07 Å². The second-order valence-electron chi connectivity index (χ2n) is 4.85. The Balaban J connectivity index is 2.78. The van der Waals surface area contributed by atoms with Gasteiger partial charge >= 0.3 is 0 Å². The first kappa shape index (κ1) is 16.3. The van der Waals surface area contributed by atoms with Gasteiger partial charge in [-0.1, -0.05) is 18.1 Å². The number of aliphatic hydroxyl groups excluding tert-OH is 1. The lowest BCUT2D eigenvalue weighted by molar-refractivity contribution is 0.207. The molecule has 6 heteroatoms. The number of hydrogen-bond acceptors (Lipinski definition) is 5. The number of ether oxygens (including phenoxy) is 1. The van der Waals surface area contributed by atoms with Gasteiger partial charge in [0.15, 0.2) is 5.84 Å². The highest BCUT2D eigenvalue weighted by Gasteiger charge is 2.12. The molecule has 0 aliphatic heterocycles. The summed E-state index contributed by atoms with van der Waals surface area (Å²) in [6.45, 7) is 4.82. The Morgan fingerprint density at radius 2 is 2.15 bits per heavy atom. The fourth-order valence-corrected chi connectivity index (χ4v) is 1.75. The first-order valence-corrected chi connectivity index (χ1v) is 6.52. The van der Waals surface area contributed by atoms with Gasteiger partial charge in [0.05, 0.1) is 12.7 Å². The Morgan fingerprint density at radius 3 is 2.70 bits per heavy atom. The van der Waals surface area contributed by atoms with Crippen LogP contribution in [-0.2, 0) is 6.54 Å². The first-order valence-electron chi connectivity index (χ1n) is 6.52. The van der Waals surface area contributed by atoms with E-state index in [0.29, 0.717) is 17.9 Å². The van der Waals surface area contributed by atoms with Crippen LogP contribution in [0.1, 0.15) is 25.0 Å². The quantitative estimate of drug-likeness (QED) is 0.257. The predicted octanol–water partition coefficient (Wildman–Crippen LogP) is 0.896. The normalized spacial score (nSPS) is 14.9. The summed E-state index contributed by atoms with van der Waals surface area (Å²) < 4.78 is 5.24. The van der Waals surface area contributed by atoms with Crippen LogP contribution < -0.4 is 15.8 Å². The summed E-state index contributed by atoms with van der Waals surface area (Å²) in [6, 6.07) is 5.69. The van der Waals surface area contributed by atoms with Crippen molar-refractivity contribution in [2.45, 2.75) is 26.4 Å². The van der Waals surface area contributed by atoms with Crippen molar-refractivity contribution in [1.82, 2.24) is 5.32 Å². The van der Waals surface area contributed by atoms with Gasteiger partial charge in [-0.25, -0.2) is 0 Å². The average molecular weight is 281 g/mol. The Morgan fingerprint density at radius 1 is 1.45 bits per heavy atom. The minimum atomic E-state index is 0.0172. The fourth-order valence-electron chi connectivity index (χ4n) is 1.75. The zero-order valence-electron chi connectivity index (χ0n) is 12.1. The summed E-state index contributed by atoms with van der Waals surface area (Å²) in [6.07, 6.45) is 0. The molecule has 2 atom stereocenters. The number of amidine groups is 1. The summed E-state index contributed by atoms with van der Waals surface area (Å²) in [4.78, 5) is 0. The van der Waals surface area contributed by atoms with Crippen molar-refractivity contribution in [1.29, 1.82) is 0 Å². The number of nitrogens with two attached hydrogens (primary N) is 1. The molecule has 0 amide bonds. The van der Waals surface area contributed by atoms with Gasteiger partial charge in [0.1, 0.15) is 5.75 Å². The van der Waals surface area contributed by atoms with Crippen LogP contribution in [0, 0.1) is 5.92 Å². The Bertz CT molecular complexity index is 463. The van der Waals surface area contributed by atoms with Crippen LogP contribution in [0.3, 0.4) is 0 Å². The van der Waals surface area contributed by atoms with Gasteiger partial charge in [-0.3, -0.25) is 0 Å². The summed E-state index contributed by atoms with van der Waals surface area (Å²) in [7, 11) is 1.54. The SMILES string of the molecule is COc1cc(CNC(C)C(C)CO)ccc1/C(N)=N/O. The van der Waals surface area contributed by atoms with Crippen LogP contribution >= 0.6 is 0 Å². The van der Waals surface area contributed by atoms with E-state index in [1.165, 1.54) is 7.11 Å². The maximum absolute atomic E-state index is 9.10. The molecule has 2 unspecified atom stereocenters. The van der Waals surface area contributed by atoms with E-state index in [-0.39, 0.29) is 24.4 Å². The van der Waals surface area contributed by atoms with Crippen molar-refractivity contribution in [3.8, 4) is 5.75 Å². The minimum absolute atomic E-state index is 0.0172. The lowest BCUT2D eigenvalue weighted by Gasteiger charge is -2.19. The molecule has 6 nitrogen and oxygen atoms in total. The highest BCUT2D eigenvalue weighted by atomic mass is 16.5. The van der Waals surface area contributed by atoms with E-state index in [4.69, 9.17) is 20.8 Å². The molecule has 0 aromatic heterocycles. The highest BCUT2D eigenvalue weighted by molar-refractivity contribution is 5.99. The molecular weight excluding hydrogens is 258 g/mol. The second-order valence-corrected chi connectivity index (χ2v) is 4.85. The Labute approximate surface area is 119 Å². The number of rotatable bonds is 7. The fraction of sp³-hybridized carbons (Fsp3) is 0.500. The molecule has 0 heterocycles. The van der Waals surface area contributed by atoms with Gasteiger partial charge in [0, 0.05) is 19.2 Å². The van der Waals surface area contributed by atoms with Crippen LogP contribution in [-0.4, -0.2) is 35.9 Å². The van der Waals surface area contributed by atoms with E-state index in [2.05, 4.69) is 10.5 Å². The van der Waals surface area contributed by atoms with Crippen molar-refractivity contribution >= 4 is 5.84 Å². The predicted molar refractivity (Wildman–Crippen MR) is 78.1 cm³/mol. The van der Waals surface area contributed by atoms with Crippen LogP contribution in [0.5, 0.6) is 5.75 Å². The zero-order valence-corrected chi connectivity index (χ0v) is 12.1. The number of hydrogen-bond donors (Lipinski definition) is 4. The molecule has 1 aromatic carbocycles. The summed E-state index contributed by atoms with van der Waals surface area (Å²) in [5.74, 6) is 0.763. The van der Waals surface area contributed by atoms with Gasteiger partial charge in [0.2, 0.25) is 0 Å². The van der Waals surface area contributed by atoms with Crippen molar-refractivity contribution < 1.29 is 15.1 Å². The van der Waals surface area contributed by atoms with Gasteiger partial charge < -0.3 is 26.1 Å². The monoisotopic (exact) mass is 281 g/mol. The molecule has 112 valence electrons. The molecule has 0 fully saturated rings. The van der Waals surface area contributed by atoms with Crippen LogP contribution in [0.25, 0.3) is 0 Å². The summed E-state index contributed by atoms with van der Waals surface area (Å²) in [5, 5.41) is 24.1. The molecule has 0 saturated heterocycles. The minimum Gasteiger partial charge on any atom is -0.496 e. The lowest BCUT2D eigenvalue weighted by Crippen LogP contribution is -2.33. The van der Waals surface area contributed by atoms with Gasteiger partial charge in [-0.15, -0.1) is 0 Å². The van der Waals surface area contributed by atoms with E-state index >= 15 is 0 Å². The molecule has 20 heavy (non-hydrogen) atoms. The average Bonchev–Trinajstić information content (AvgIpc) is 2.50. The van der Waals surface area contributed by atoms with Gasteiger partial charge in [-0.05, 0) is 30.5 Å². The molecule has 5 N–H and O–H groups in total. The third kappa shape index (κ3) is 4.11. The second kappa shape index (κ2) is 7.72. The summed E-state index contributed by atoms with van der Waals surface area (Å²) in [5.41, 5.74) is 7.15. The molecule has 0 aliphatic rings. The van der Waals surface area contributed by atoms with Crippen molar-refractivity contribution in [2.75, 3.05) is 13.7 Å². The molecule has 0 radical (unpaired) electrons. The number of benzene rings is 1. The van der Waals surface area contributed by atoms with Gasteiger partial charge in [-0.2, -0.15) is 0 Å². The molecule has 0 aliphatic carbocycles. The van der Waals surface area contributed by atoms with E-state index < -0.39 is 0 Å². The summed E-state index contributed by atoms with van der Waals surface area (Å²) >= 11 is 0. The maximum Gasteiger partial charge on any atom is 0.173 e. The smallest absolute Gasteiger partial charge is 0.173 e. The number of aliphatic hydroxyl groups is 1. The molecule has 0 saturated carbocycles. The largest absolute Gasteiger partial charge is 0.496 e. The van der Waals surface area contributed by atoms with Crippen LogP contribution in [0.2, 0.25) is 0 Å². The lowest BCUT2D eigenvalue weighted by atomic mass is 10.0. The third-order valence-electron chi connectivity index (χ3n) is 3.42. The molecule has 0 bridgehead atoms. The Hall–Kier alpha value is -1.79. The zero-order chi connectivity index (χ0) is 15.1. The number of nitrogens with zero attached hydrogens (tertiary/aromatic N) is 1. The van der Waals surface area contributed by atoms with Crippen LogP contribution in [0.15, 0.2) is 23.4 Å². The highest BCUT2D eigenvalue weighted by Crippen LogP contribution is 2.20. The van der Waals surface area contributed by atoms with E-state index in [0.717, 1.165) is 5.56 Å². The molecule has 1 rings (SSSR count). The standard InChI is InChI=1S/C14H23N3O3/c1-9(8-18)10(2)16-7-11-4-5-12(14(15)17-19)13(6-11)20-3/h4-6,9-10,16,18-19H,7-8H2,1-3H3,(H2,15,17). The van der Waals surface area contributed by atoms with Crippen molar-refractivity contribution in [3.63, 3.8) is 0 Å². The molecule has 1 aromatic rings. The van der Waals surface area contributed by atoms with Crippen molar-refractivity contribution in [3.05, 3.63) is 29.3 Å². The van der Waals surface area contributed by atoms with E-state index in [1.807, 2.05) is 26.0 Å². The van der Waals surface area contributed by atoms with E-state index in [9.17, 15) is 0 Å². The number of oxime groups is 1. The first-order chi connectivity index (χ1) is 9.53. The number of nitrogens with one attached hydrogen (secondary N) is 1. The maximum atomic E-state index is 9.10. The molecule has 0 spiro atoms. The molecular formula is C14H23N3O3. The topological polar surface area (TPSA) is 100 Å². The van der Waals surface area contributed by atoms with Crippen molar-refractivity contribution in [2.24, 2.45) is 16.8 Å². The number of methoxy groups -OCH3 is 1. The Kier molecular flexibility index (Phi) is 6.27.